The molecule has 170 valence electrons. The van der Waals surface area contributed by atoms with E-state index in [2.05, 4.69) is 26.5 Å². The Morgan fingerprint density at radius 3 is 2.56 bits per heavy atom. The number of rotatable bonds is 7. The zero-order valence-corrected chi connectivity index (χ0v) is 20.0. The van der Waals surface area contributed by atoms with Gasteiger partial charge in [-0.25, -0.2) is 10.2 Å². The Labute approximate surface area is 209 Å². The zero-order valence-electron chi connectivity index (χ0n) is 17.7. The topological polar surface area (TPSA) is 77.0 Å². The van der Waals surface area contributed by atoms with Gasteiger partial charge in [-0.1, -0.05) is 63.9 Å². The van der Waals surface area contributed by atoms with Gasteiger partial charge in [0.15, 0.2) is 6.61 Å². The van der Waals surface area contributed by atoms with E-state index in [4.69, 9.17) is 21.1 Å². The van der Waals surface area contributed by atoms with Gasteiger partial charge in [-0.05, 0) is 59.3 Å². The molecule has 0 aliphatic carbocycles. The second-order valence-corrected chi connectivity index (χ2v) is 8.49. The number of nitrogens with zero attached hydrogens (tertiary/aromatic N) is 1. The maximum absolute atomic E-state index is 12.9. The molecule has 8 heteroatoms. The molecule has 4 rings (SSSR count). The molecule has 0 heterocycles. The summed E-state index contributed by atoms with van der Waals surface area (Å²) in [7, 11) is 0. The largest absolute Gasteiger partial charge is 0.484 e. The van der Waals surface area contributed by atoms with Crippen LogP contribution in [0.1, 0.15) is 15.9 Å². The number of hydrazone groups is 1. The SMILES string of the molecule is O=C(COc1ccc(Cl)cc1)N/N=C\c1cc(Br)ccc1OC(=O)c1cccc2ccccc12. The van der Waals surface area contributed by atoms with Gasteiger partial charge in [-0.2, -0.15) is 5.10 Å². The van der Waals surface area contributed by atoms with Crippen LogP contribution in [0.2, 0.25) is 5.02 Å². The minimum absolute atomic E-state index is 0.222. The molecule has 4 aromatic rings. The molecule has 0 atom stereocenters. The summed E-state index contributed by atoms with van der Waals surface area (Å²) < 4.78 is 11.8. The summed E-state index contributed by atoms with van der Waals surface area (Å²) in [6, 6.07) is 24.8. The third-order valence-corrected chi connectivity index (χ3v) is 5.51. The maximum atomic E-state index is 12.9. The fraction of sp³-hybridized carbons (Fsp3) is 0.0385. The fourth-order valence-corrected chi connectivity index (χ4v) is 3.66. The Balaban J connectivity index is 1.43. The molecule has 6 nitrogen and oxygen atoms in total. The van der Waals surface area contributed by atoms with Crippen molar-refractivity contribution in [1.29, 1.82) is 0 Å². The van der Waals surface area contributed by atoms with E-state index in [0.29, 0.717) is 27.6 Å². The number of carbonyl (C=O) groups is 2. The Bertz CT molecular complexity index is 1370. The molecule has 1 N–H and O–H groups in total. The average molecular weight is 538 g/mol. The van der Waals surface area contributed by atoms with Crippen molar-refractivity contribution in [2.75, 3.05) is 6.61 Å². The number of nitrogens with one attached hydrogen (secondary N) is 1. The number of hydrogen-bond donors (Lipinski definition) is 1. The quantitative estimate of drug-likeness (QED) is 0.136. The highest BCUT2D eigenvalue weighted by Gasteiger charge is 2.14. The predicted octanol–water partition coefficient (Wildman–Crippen LogP) is 6.00. The summed E-state index contributed by atoms with van der Waals surface area (Å²) in [6.07, 6.45) is 1.40. The smallest absolute Gasteiger partial charge is 0.344 e. The highest BCUT2D eigenvalue weighted by molar-refractivity contribution is 9.10. The number of ether oxygens (including phenoxy) is 2. The molecule has 0 saturated carbocycles. The Hall–Kier alpha value is -3.68. The molecule has 1 amide bonds. The van der Waals surface area contributed by atoms with Crippen molar-refractivity contribution in [3.63, 3.8) is 0 Å². The lowest BCUT2D eigenvalue weighted by Gasteiger charge is -2.10. The van der Waals surface area contributed by atoms with Crippen molar-refractivity contribution < 1.29 is 19.1 Å². The van der Waals surface area contributed by atoms with E-state index in [9.17, 15) is 9.59 Å². The van der Waals surface area contributed by atoms with Crippen LogP contribution in [-0.2, 0) is 4.79 Å². The van der Waals surface area contributed by atoms with Gasteiger partial charge in [0.25, 0.3) is 5.91 Å². The van der Waals surface area contributed by atoms with Gasteiger partial charge in [-0.3, -0.25) is 4.79 Å². The monoisotopic (exact) mass is 536 g/mol. The minimum Gasteiger partial charge on any atom is -0.484 e. The number of fused-ring (bicyclic) bond motifs is 1. The molecule has 0 bridgehead atoms. The van der Waals surface area contributed by atoms with Crippen LogP contribution in [0.5, 0.6) is 11.5 Å². The number of halogens is 2. The highest BCUT2D eigenvalue weighted by atomic mass is 79.9. The number of esters is 1. The number of carbonyl (C=O) groups excluding carboxylic acids is 2. The van der Waals surface area contributed by atoms with Gasteiger partial charge in [0.1, 0.15) is 11.5 Å². The van der Waals surface area contributed by atoms with Gasteiger partial charge >= 0.3 is 5.97 Å². The summed E-state index contributed by atoms with van der Waals surface area (Å²) in [5.41, 5.74) is 3.35. The van der Waals surface area contributed by atoms with E-state index >= 15 is 0 Å². The molecule has 0 fully saturated rings. The first-order valence-corrected chi connectivity index (χ1v) is 11.4. The summed E-state index contributed by atoms with van der Waals surface area (Å²) in [5, 5.41) is 6.28. The fourth-order valence-electron chi connectivity index (χ4n) is 3.16. The van der Waals surface area contributed by atoms with Crippen LogP contribution in [0.4, 0.5) is 0 Å². The van der Waals surface area contributed by atoms with Crippen molar-refractivity contribution >= 4 is 56.4 Å². The van der Waals surface area contributed by atoms with E-state index in [1.54, 1.807) is 48.5 Å². The van der Waals surface area contributed by atoms with E-state index < -0.39 is 11.9 Å². The zero-order chi connectivity index (χ0) is 23.9. The van der Waals surface area contributed by atoms with Gasteiger partial charge in [0, 0.05) is 15.1 Å². The molecule has 0 unspecified atom stereocenters. The lowest BCUT2D eigenvalue weighted by Crippen LogP contribution is -2.24. The highest BCUT2D eigenvalue weighted by Crippen LogP contribution is 2.25. The molecular weight excluding hydrogens is 520 g/mol. The second-order valence-electron chi connectivity index (χ2n) is 7.13. The first-order chi connectivity index (χ1) is 16.5. The second kappa shape index (κ2) is 11.0. The van der Waals surface area contributed by atoms with E-state index in [1.807, 2.05) is 36.4 Å². The van der Waals surface area contributed by atoms with E-state index in [0.717, 1.165) is 15.2 Å². The Morgan fingerprint density at radius 2 is 1.74 bits per heavy atom. The Morgan fingerprint density at radius 1 is 0.971 bits per heavy atom. The molecule has 0 aliphatic heterocycles. The molecular formula is C26H18BrClN2O4. The summed E-state index contributed by atoms with van der Waals surface area (Å²) in [6.45, 7) is -0.222. The first-order valence-electron chi connectivity index (χ1n) is 10.2. The lowest BCUT2D eigenvalue weighted by molar-refractivity contribution is -0.123. The van der Waals surface area contributed by atoms with Gasteiger partial charge in [0.2, 0.25) is 0 Å². The number of benzene rings is 4. The third-order valence-electron chi connectivity index (χ3n) is 4.76. The number of amides is 1. The van der Waals surface area contributed by atoms with Gasteiger partial charge in [0.05, 0.1) is 11.8 Å². The average Bonchev–Trinajstić information content (AvgIpc) is 2.85. The van der Waals surface area contributed by atoms with Crippen molar-refractivity contribution in [2.24, 2.45) is 5.10 Å². The summed E-state index contributed by atoms with van der Waals surface area (Å²) in [5.74, 6) is -0.126. The van der Waals surface area contributed by atoms with Crippen LogP contribution in [-0.4, -0.2) is 24.7 Å². The Kier molecular flexibility index (Phi) is 7.57. The molecule has 0 radical (unpaired) electrons. The first kappa shape index (κ1) is 23.5. The normalized spacial score (nSPS) is 10.9. The van der Waals surface area contributed by atoms with Crippen LogP contribution in [0.25, 0.3) is 10.8 Å². The van der Waals surface area contributed by atoms with Crippen molar-refractivity contribution in [3.05, 3.63) is 106 Å². The molecule has 0 aliphatic rings. The number of hydrogen-bond acceptors (Lipinski definition) is 5. The van der Waals surface area contributed by atoms with Crippen LogP contribution in [0.15, 0.2) is 94.5 Å². The van der Waals surface area contributed by atoms with Crippen molar-refractivity contribution in [2.45, 2.75) is 0 Å². The molecule has 0 aromatic heterocycles. The van der Waals surface area contributed by atoms with E-state index in [-0.39, 0.29) is 6.61 Å². The van der Waals surface area contributed by atoms with Crippen LogP contribution < -0.4 is 14.9 Å². The maximum Gasteiger partial charge on any atom is 0.344 e. The van der Waals surface area contributed by atoms with Crippen molar-refractivity contribution in [1.82, 2.24) is 5.43 Å². The molecule has 4 aromatic carbocycles. The predicted molar refractivity (Wildman–Crippen MR) is 136 cm³/mol. The van der Waals surface area contributed by atoms with E-state index in [1.165, 1.54) is 6.21 Å². The molecule has 0 saturated heterocycles. The van der Waals surface area contributed by atoms with Crippen LogP contribution >= 0.6 is 27.5 Å². The lowest BCUT2D eigenvalue weighted by atomic mass is 10.0. The van der Waals surface area contributed by atoms with Crippen LogP contribution in [0.3, 0.4) is 0 Å². The third kappa shape index (κ3) is 6.01. The standard InChI is InChI=1S/C26H18BrClN2O4/c27-19-8-13-24(34-26(32)23-7-3-5-17-4-1-2-6-22(17)23)18(14-19)15-29-30-25(31)16-33-21-11-9-20(28)10-12-21/h1-15H,16H2,(H,30,31)/b29-15-. The van der Waals surface area contributed by atoms with Crippen molar-refractivity contribution in [3.8, 4) is 11.5 Å². The van der Waals surface area contributed by atoms with Gasteiger partial charge in [-0.15, -0.1) is 0 Å². The van der Waals surface area contributed by atoms with Crippen LogP contribution in [0, 0.1) is 0 Å². The molecule has 34 heavy (non-hydrogen) atoms. The van der Waals surface area contributed by atoms with Gasteiger partial charge < -0.3 is 9.47 Å². The summed E-state index contributed by atoms with van der Waals surface area (Å²) >= 11 is 9.23. The molecule has 0 spiro atoms. The minimum atomic E-state index is -0.492. The summed E-state index contributed by atoms with van der Waals surface area (Å²) in [4.78, 5) is 25.0.